The van der Waals surface area contributed by atoms with Crippen LogP contribution < -0.4 is 0 Å². The number of hydrogen-bond donors (Lipinski definition) is 0. The molecule has 0 aromatic heterocycles. The van der Waals surface area contributed by atoms with Crippen molar-refractivity contribution < 1.29 is 13.2 Å². The molecule has 4 heteroatoms. The van der Waals surface area contributed by atoms with Crippen LogP contribution in [0.25, 0.3) is 0 Å². The standard InChI is InChI=1S/C9H7ClF3/c1-2-6-3-4-7(5-8(6)10)9(11,12)13/h3-5H,1-2H2. The second kappa shape index (κ2) is 3.58. The molecule has 0 bridgehead atoms. The molecule has 0 saturated carbocycles. The smallest absolute Gasteiger partial charge is 0.166 e. The van der Waals surface area contributed by atoms with Gasteiger partial charge in [-0.1, -0.05) is 17.7 Å². The fourth-order valence-electron chi connectivity index (χ4n) is 0.926. The third-order valence-electron chi connectivity index (χ3n) is 1.65. The molecule has 0 atom stereocenters. The number of alkyl halides is 3. The maximum atomic E-state index is 12.1. The molecule has 0 saturated heterocycles. The van der Waals surface area contributed by atoms with Crippen LogP contribution in [0.5, 0.6) is 0 Å². The lowest BCUT2D eigenvalue weighted by atomic mass is 10.1. The zero-order valence-corrected chi connectivity index (χ0v) is 7.41. The van der Waals surface area contributed by atoms with Crippen molar-refractivity contribution in [1.82, 2.24) is 0 Å². The Balaban J connectivity index is 3.10. The highest BCUT2D eigenvalue weighted by Gasteiger charge is 2.30. The summed E-state index contributed by atoms with van der Waals surface area (Å²) in [5.41, 5.74) is -0.107. The quantitative estimate of drug-likeness (QED) is 0.658. The molecule has 0 fully saturated rings. The maximum absolute atomic E-state index is 12.1. The van der Waals surface area contributed by atoms with E-state index >= 15 is 0 Å². The molecule has 0 spiro atoms. The Morgan fingerprint density at radius 2 is 1.92 bits per heavy atom. The first kappa shape index (κ1) is 10.4. The third kappa shape index (κ3) is 2.37. The van der Waals surface area contributed by atoms with E-state index in [1.54, 1.807) is 0 Å². The first-order chi connectivity index (χ1) is 5.95. The minimum Gasteiger partial charge on any atom is -0.166 e. The number of hydrogen-bond acceptors (Lipinski definition) is 0. The molecule has 13 heavy (non-hydrogen) atoms. The summed E-state index contributed by atoms with van der Waals surface area (Å²) in [6.45, 7) is 3.54. The van der Waals surface area contributed by atoms with Gasteiger partial charge in [0.15, 0.2) is 0 Å². The minimum absolute atomic E-state index is 0.116. The second-order valence-corrected chi connectivity index (χ2v) is 2.96. The predicted octanol–water partition coefficient (Wildman–Crippen LogP) is 3.74. The number of benzene rings is 1. The number of rotatable bonds is 1. The van der Waals surface area contributed by atoms with Gasteiger partial charge in [-0.2, -0.15) is 13.2 Å². The Morgan fingerprint density at radius 3 is 2.31 bits per heavy atom. The summed E-state index contributed by atoms with van der Waals surface area (Å²) in [4.78, 5) is 0. The van der Waals surface area contributed by atoms with Crippen molar-refractivity contribution in [1.29, 1.82) is 0 Å². The summed E-state index contributed by atoms with van der Waals surface area (Å²) in [6, 6.07) is 3.27. The van der Waals surface area contributed by atoms with Crippen molar-refractivity contribution in [2.75, 3.05) is 0 Å². The Labute approximate surface area is 79.3 Å². The molecule has 0 amide bonds. The van der Waals surface area contributed by atoms with Crippen molar-refractivity contribution in [2.45, 2.75) is 12.6 Å². The van der Waals surface area contributed by atoms with Crippen LogP contribution in [0.3, 0.4) is 0 Å². The van der Waals surface area contributed by atoms with Gasteiger partial charge in [-0.25, -0.2) is 0 Å². The van der Waals surface area contributed by atoms with Crippen molar-refractivity contribution in [3.8, 4) is 0 Å². The molecule has 1 aromatic rings. The summed E-state index contributed by atoms with van der Waals surface area (Å²) in [5, 5.41) is 0.116. The molecular weight excluding hydrogens is 201 g/mol. The molecule has 0 aliphatic rings. The predicted molar refractivity (Wildman–Crippen MR) is 45.5 cm³/mol. The Bertz CT molecular complexity index is 304. The molecule has 0 aliphatic carbocycles. The fraction of sp³-hybridized carbons (Fsp3) is 0.222. The number of halogens is 4. The molecule has 1 radical (unpaired) electrons. The lowest BCUT2D eigenvalue weighted by Crippen LogP contribution is -2.04. The van der Waals surface area contributed by atoms with Gasteiger partial charge in [-0.15, -0.1) is 0 Å². The van der Waals surface area contributed by atoms with E-state index in [2.05, 4.69) is 6.92 Å². The fourth-order valence-corrected chi connectivity index (χ4v) is 1.20. The van der Waals surface area contributed by atoms with Crippen LogP contribution in [-0.4, -0.2) is 0 Å². The summed E-state index contributed by atoms with van der Waals surface area (Å²) < 4.78 is 36.4. The SMILES string of the molecule is [CH2]Cc1ccc(C(F)(F)F)cc1Cl. The van der Waals surface area contributed by atoms with E-state index in [4.69, 9.17) is 11.6 Å². The summed E-state index contributed by atoms with van der Waals surface area (Å²) >= 11 is 5.60. The Morgan fingerprint density at radius 1 is 1.31 bits per heavy atom. The molecule has 0 nitrogen and oxygen atoms in total. The maximum Gasteiger partial charge on any atom is 0.416 e. The molecular formula is C9H7ClF3. The van der Waals surface area contributed by atoms with Gasteiger partial charge in [0.25, 0.3) is 0 Å². The van der Waals surface area contributed by atoms with Crippen LogP contribution in [0.1, 0.15) is 11.1 Å². The van der Waals surface area contributed by atoms with E-state index in [0.717, 1.165) is 12.1 Å². The van der Waals surface area contributed by atoms with Gasteiger partial charge in [0.2, 0.25) is 0 Å². The van der Waals surface area contributed by atoms with Gasteiger partial charge in [0.05, 0.1) is 5.56 Å². The van der Waals surface area contributed by atoms with E-state index in [0.29, 0.717) is 12.0 Å². The Kier molecular flexibility index (Phi) is 2.86. The van der Waals surface area contributed by atoms with Gasteiger partial charge in [0.1, 0.15) is 0 Å². The second-order valence-electron chi connectivity index (χ2n) is 2.55. The van der Waals surface area contributed by atoms with Gasteiger partial charge in [-0.3, -0.25) is 0 Å². The third-order valence-corrected chi connectivity index (χ3v) is 2.00. The normalized spacial score (nSPS) is 11.8. The highest BCUT2D eigenvalue weighted by Crippen LogP contribution is 2.31. The van der Waals surface area contributed by atoms with Crippen molar-refractivity contribution >= 4 is 11.6 Å². The largest absolute Gasteiger partial charge is 0.416 e. The van der Waals surface area contributed by atoms with Crippen LogP contribution in [0.2, 0.25) is 5.02 Å². The summed E-state index contributed by atoms with van der Waals surface area (Å²) in [7, 11) is 0. The van der Waals surface area contributed by atoms with Crippen LogP contribution in [0.15, 0.2) is 18.2 Å². The van der Waals surface area contributed by atoms with Crippen LogP contribution >= 0.6 is 11.6 Å². The van der Waals surface area contributed by atoms with Gasteiger partial charge < -0.3 is 0 Å². The zero-order valence-electron chi connectivity index (χ0n) is 6.66. The van der Waals surface area contributed by atoms with Crippen LogP contribution in [-0.2, 0) is 12.6 Å². The minimum atomic E-state index is -4.33. The molecule has 1 aromatic carbocycles. The molecule has 0 N–H and O–H groups in total. The average molecular weight is 208 g/mol. The molecule has 0 heterocycles. The van der Waals surface area contributed by atoms with Crippen LogP contribution in [0, 0.1) is 6.92 Å². The van der Waals surface area contributed by atoms with E-state index in [1.165, 1.54) is 6.07 Å². The van der Waals surface area contributed by atoms with Gasteiger partial charge in [0, 0.05) is 5.02 Å². The highest BCUT2D eigenvalue weighted by atomic mass is 35.5. The van der Waals surface area contributed by atoms with Crippen molar-refractivity contribution in [3.05, 3.63) is 41.3 Å². The van der Waals surface area contributed by atoms with E-state index in [1.807, 2.05) is 0 Å². The van der Waals surface area contributed by atoms with Crippen molar-refractivity contribution in [3.63, 3.8) is 0 Å². The van der Waals surface area contributed by atoms with E-state index < -0.39 is 11.7 Å². The summed E-state index contributed by atoms with van der Waals surface area (Å²) in [6.07, 6.45) is -3.94. The molecule has 0 unspecified atom stereocenters. The molecule has 71 valence electrons. The average Bonchev–Trinajstić information content (AvgIpc) is 2.02. The zero-order chi connectivity index (χ0) is 10.1. The Hall–Kier alpha value is -0.700. The van der Waals surface area contributed by atoms with E-state index in [-0.39, 0.29) is 5.02 Å². The van der Waals surface area contributed by atoms with Gasteiger partial charge >= 0.3 is 6.18 Å². The highest BCUT2D eigenvalue weighted by molar-refractivity contribution is 6.31. The monoisotopic (exact) mass is 207 g/mol. The lowest BCUT2D eigenvalue weighted by Gasteiger charge is -2.08. The first-order valence-corrected chi connectivity index (χ1v) is 3.98. The topological polar surface area (TPSA) is 0 Å². The molecule has 1 rings (SSSR count). The first-order valence-electron chi connectivity index (χ1n) is 3.60. The van der Waals surface area contributed by atoms with Crippen LogP contribution in [0.4, 0.5) is 13.2 Å². The van der Waals surface area contributed by atoms with Crippen molar-refractivity contribution in [2.24, 2.45) is 0 Å². The van der Waals surface area contributed by atoms with E-state index in [9.17, 15) is 13.2 Å². The lowest BCUT2D eigenvalue weighted by molar-refractivity contribution is -0.137. The molecule has 0 aliphatic heterocycles. The van der Waals surface area contributed by atoms with Gasteiger partial charge in [-0.05, 0) is 31.0 Å². The summed E-state index contributed by atoms with van der Waals surface area (Å²) in [5.74, 6) is 0.